The number of piperidine rings is 2. The van der Waals surface area contributed by atoms with Crippen LogP contribution in [-0.4, -0.2) is 51.1 Å². The molecule has 0 N–H and O–H groups in total. The molecule has 0 bridgehead atoms. The summed E-state index contributed by atoms with van der Waals surface area (Å²) < 4.78 is 2.15. The molecule has 0 amide bonds. The molecule has 0 aliphatic carbocycles. The predicted octanol–water partition coefficient (Wildman–Crippen LogP) is 1.87. The Morgan fingerprint density at radius 2 is 2.16 bits per heavy atom. The van der Waals surface area contributed by atoms with Gasteiger partial charge in [-0.25, -0.2) is 4.98 Å². The van der Waals surface area contributed by atoms with Crippen LogP contribution in [-0.2, 0) is 13.6 Å². The maximum atomic E-state index is 4.25. The zero-order valence-electron chi connectivity index (χ0n) is 12.5. The van der Waals surface area contributed by atoms with E-state index in [1.165, 1.54) is 44.5 Å². The summed E-state index contributed by atoms with van der Waals surface area (Å²) in [6.45, 7) is 6.00. The van der Waals surface area contributed by atoms with Crippen LogP contribution in [0.15, 0.2) is 12.5 Å². The van der Waals surface area contributed by atoms with Crippen molar-refractivity contribution in [2.45, 2.75) is 50.7 Å². The van der Waals surface area contributed by atoms with Gasteiger partial charge in [0.05, 0.1) is 12.0 Å². The van der Waals surface area contributed by atoms with Crippen LogP contribution < -0.4 is 0 Å². The van der Waals surface area contributed by atoms with Crippen molar-refractivity contribution in [3.05, 3.63) is 18.2 Å². The number of likely N-dealkylation sites (N-methyl/N-ethyl adjacent to an activating group) is 1. The molecular formula is C15H26N4. The summed E-state index contributed by atoms with van der Waals surface area (Å²) in [4.78, 5) is 9.53. The van der Waals surface area contributed by atoms with Gasteiger partial charge in [0.1, 0.15) is 0 Å². The molecule has 0 radical (unpaired) electrons. The molecule has 1 aromatic heterocycles. The Labute approximate surface area is 116 Å². The van der Waals surface area contributed by atoms with Gasteiger partial charge in [-0.15, -0.1) is 0 Å². The van der Waals surface area contributed by atoms with Crippen LogP contribution in [0.4, 0.5) is 0 Å². The molecule has 0 spiro atoms. The van der Waals surface area contributed by atoms with Crippen LogP contribution in [0.2, 0.25) is 0 Å². The first-order valence-electron chi connectivity index (χ1n) is 7.52. The normalized spacial score (nSPS) is 33.3. The van der Waals surface area contributed by atoms with Gasteiger partial charge >= 0.3 is 0 Å². The van der Waals surface area contributed by atoms with E-state index < -0.39 is 0 Å². The minimum atomic E-state index is 0.370. The van der Waals surface area contributed by atoms with Gasteiger partial charge < -0.3 is 4.57 Å². The lowest BCUT2D eigenvalue weighted by atomic mass is 9.76. The zero-order valence-corrected chi connectivity index (χ0v) is 12.5. The molecule has 0 saturated carbocycles. The first kappa shape index (κ1) is 13.1. The van der Waals surface area contributed by atoms with Crippen molar-refractivity contribution in [2.24, 2.45) is 7.05 Å². The fourth-order valence-electron chi connectivity index (χ4n) is 4.01. The standard InChI is InChI=1S/C15H26N4/c1-15-7-5-9-19(11-13-10-16-12-17(13)2)14(15)6-4-8-18(15)3/h10,12,14H,4-9,11H2,1-3H3/t14-,15+/m1/s1. The third-order valence-electron chi connectivity index (χ3n) is 5.41. The highest BCUT2D eigenvalue weighted by molar-refractivity contribution is 5.06. The maximum absolute atomic E-state index is 4.25. The van der Waals surface area contributed by atoms with Crippen LogP contribution in [0.1, 0.15) is 38.3 Å². The molecule has 0 unspecified atom stereocenters. The highest BCUT2D eigenvalue weighted by Gasteiger charge is 2.45. The van der Waals surface area contributed by atoms with Crippen molar-refractivity contribution in [2.75, 3.05) is 20.1 Å². The van der Waals surface area contributed by atoms with Crippen molar-refractivity contribution >= 4 is 0 Å². The SMILES string of the molecule is CN1CCC[C@H]2N(Cc3cncn3C)CCC[C@@]21C. The molecule has 2 atom stereocenters. The summed E-state index contributed by atoms with van der Waals surface area (Å²) in [6, 6.07) is 0.704. The van der Waals surface area contributed by atoms with Crippen LogP contribution in [0.5, 0.6) is 0 Å². The number of rotatable bonds is 2. The Bertz CT molecular complexity index is 441. The lowest BCUT2D eigenvalue weighted by molar-refractivity contribution is -0.0496. The smallest absolute Gasteiger partial charge is 0.0945 e. The first-order chi connectivity index (χ1) is 9.11. The molecule has 4 heteroatoms. The second-order valence-electron chi connectivity index (χ2n) is 6.51. The van der Waals surface area contributed by atoms with E-state index in [1.54, 1.807) is 0 Å². The second kappa shape index (κ2) is 4.91. The van der Waals surface area contributed by atoms with Crippen molar-refractivity contribution in [3.63, 3.8) is 0 Å². The second-order valence-corrected chi connectivity index (χ2v) is 6.51. The number of hydrogen-bond acceptors (Lipinski definition) is 3. The van der Waals surface area contributed by atoms with E-state index in [9.17, 15) is 0 Å². The largest absolute Gasteiger partial charge is 0.337 e. The number of aryl methyl sites for hydroxylation is 1. The van der Waals surface area contributed by atoms with E-state index in [1.807, 2.05) is 12.5 Å². The summed E-state index contributed by atoms with van der Waals surface area (Å²) >= 11 is 0. The molecule has 1 aromatic rings. The number of fused-ring (bicyclic) bond motifs is 1. The van der Waals surface area contributed by atoms with E-state index in [0.29, 0.717) is 11.6 Å². The zero-order chi connectivity index (χ0) is 13.5. The monoisotopic (exact) mass is 262 g/mol. The van der Waals surface area contributed by atoms with Crippen molar-refractivity contribution in [1.82, 2.24) is 19.4 Å². The van der Waals surface area contributed by atoms with Crippen molar-refractivity contribution in [3.8, 4) is 0 Å². The molecule has 2 aliphatic rings. The van der Waals surface area contributed by atoms with Gasteiger partial charge in [-0.2, -0.15) is 0 Å². The van der Waals surface area contributed by atoms with Gasteiger partial charge in [-0.3, -0.25) is 9.80 Å². The molecule has 3 rings (SSSR count). The third kappa shape index (κ3) is 2.21. The van der Waals surface area contributed by atoms with Crippen molar-refractivity contribution < 1.29 is 0 Å². The lowest BCUT2D eigenvalue weighted by Crippen LogP contribution is -2.64. The molecule has 3 heterocycles. The fourth-order valence-corrected chi connectivity index (χ4v) is 4.01. The summed E-state index contributed by atoms with van der Waals surface area (Å²) in [7, 11) is 4.40. The van der Waals surface area contributed by atoms with Gasteiger partial charge in [-0.1, -0.05) is 0 Å². The first-order valence-corrected chi connectivity index (χ1v) is 7.52. The van der Waals surface area contributed by atoms with Gasteiger partial charge in [0.2, 0.25) is 0 Å². The highest BCUT2D eigenvalue weighted by atomic mass is 15.3. The minimum absolute atomic E-state index is 0.370. The quantitative estimate of drug-likeness (QED) is 0.813. The Morgan fingerprint density at radius 1 is 1.32 bits per heavy atom. The Hall–Kier alpha value is -0.870. The van der Waals surface area contributed by atoms with Gasteiger partial charge in [-0.05, 0) is 52.7 Å². The van der Waals surface area contributed by atoms with Gasteiger partial charge in [0, 0.05) is 31.4 Å². The van der Waals surface area contributed by atoms with E-state index >= 15 is 0 Å². The fraction of sp³-hybridized carbons (Fsp3) is 0.800. The molecule has 4 nitrogen and oxygen atoms in total. The summed E-state index contributed by atoms with van der Waals surface area (Å²) in [5.74, 6) is 0. The summed E-state index contributed by atoms with van der Waals surface area (Å²) in [5.41, 5.74) is 1.70. The number of nitrogens with zero attached hydrogens (tertiary/aromatic N) is 4. The summed E-state index contributed by atoms with van der Waals surface area (Å²) in [5, 5.41) is 0. The lowest BCUT2D eigenvalue weighted by Gasteiger charge is -2.55. The maximum Gasteiger partial charge on any atom is 0.0945 e. The molecule has 19 heavy (non-hydrogen) atoms. The Balaban J connectivity index is 1.80. The highest BCUT2D eigenvalue weighted by Crippen LogP contribution is 2.38. The van der Waals surface area contributed by atoms with E-state index in [0.717, 1.165) is 6.54 Å². The van der Waals surface area contributed by atoms with Crippen LogP contribution in [0.3, 0.4) is 0 Å². The number of imidazole rings is 1. The van der Waals surface area contributed by atoms with Crippen molar-refractivity contribution in [1.29, 1.82) is 0 Å². The van der Waals surface area contributed by atoms with Crippen LogP contribution in [0, 0.1) is 0 Å². The number of likely N-dealkylation sites (tertiary alicyclic amines) is 2. The minimum Gasteiger partial charge on any atom is -0.337 e. The molecule has 0 aromatic carbocycles. The van der Waals surface area contributed by atoms with E-state index in [2.05, 4.69) is 40.4 Å². The van der Waals surface area contributed by atoms with Crippen LogP contribution >= 0.6 is 0 Å². The molecule has 2 aliphatic heterocycles. The Morgan fingerprint density at radius 3 is 2.89 bits per heavy atom. The topological polar surface area (TPSA) is 24.3 Å². The molecule has 2 fully saturated rings. The van der Waals surface area contributed by atoms with E-state index in [-0.39, 0.29) is 0 Å². The summed E-state index contributed by atoms with van der Waals surface area (Å²) in [6.07, 6.45) is 9.26. The van der Waals surface area contributed by atoms with E-state index in [4.69, 9.17) is 0 Å². The Kier molecular flexibility index (Phi) is 3.39. The average molecular weight is 262 g/mol. The average Bonchev–Trinajstić information content (AvgIpc) is 2.77. The van der Waals surface area contributed by atoms with Crippen LogP contribution in [0.25, 0.3) is 0 Å². The third-order valence-corrected chi connectivity index (χ3v) is 5.41. The van der Waals surface area contributed by atoms with Gasteiger partial charge in [0.25, 0.3) is 0 Å². The molecule has 2 saturated heterocycles. The predicted molar refractivity (Wildman–Crippen MR) is 76.9 cm³/mol. The molecule has 106 valence electrons. The molecular weight excluding hydrogens is 236 g/mol. The van der Waals surface area contributed by atoms with Gasteiger partial charge in [0.15, 0.2) is 0 Å². The number of hydrogen-bond donors (Lipinski definition) is 0. The number of aromatic nitrogens is 2.